The van der Waals surface area contributed by atoms with Gasteiger partial charge in [0.05, 0.1) is 0 Å². The second-order valence-corrected chi connectivity index (χ2v) is 7.74. The van der Waals surface area contributed by atoms with Crippen LogP contribution in [0.4, 0.5) is 5.69 Å². The molecule has 1 aromatic rings. The number of rotatable bonds is 8. The highest BCUT2D eigenvalue weighted by Gasteiger charge is 2.16. The molecule has 0 saturated heterocycles. The molecule has 1 atom stereocenters. The van der Waals surface area contributed by atoms with Crippen molar-refractivity contribution in [2.24, 2.45) is 5.92 Å². The van der Waals surface area contributed by atoms with Crippen molar-refractivity contribution in [2.45, 2.75) is 39.5 Å². The Labute approximate surface area is 144 Å². The maximum Gasteiger partial charge on any atom is 0.227 e. The fourth-order valence-corrected chi connectivity index (χ4v) is 2.77. The van der Waals surface area contributed by atoms with Crippen LogP contribution < -0.4 is 5.32 Å². The number of sulfone groups is 1. The smallest absolute Gasteiger partial charge is 0.227 e. The van der Waals surface area contributed by atoms with Gasteiger partial charge in [-0.05, 0) is 36.6 Å². The third-order valence-electron chi connectivity index (χ3n) is 3.76. The van der Waals surface area contributed by atoms with Crippen LogP contribution in [0.1, 0.15) is 45.1 Å². The van der Waals surface area contributed by atoms with E-state index in [9.17, 15) is 13.2 Å². The van der Waals surface area contributed by atoms with Crippen molar-refractivity contribution in [2.75, 3.05) is 11.6 Å². The molecule has 5 nitrogen and oxygen atoms in total. The van der Waals surface area contributed by atoms with E-state index >= 15 is 0 Å². The molecule has 1 unspecified atom stereocenters. The van der Waals surface area contributed by atoms with Crippen molar-refractivity contribution < 1.29 is 13.2 Å². The normalized spacial score (nSPS) is 13.2. The first-order chi connectivity index (χ1) is 11.3. The lowest BCUT2D eigenvalue weighted by atomic mass is 9.98. The van der Waals surface area contributed by atoms with E-state index in [2.05, 4.69) is 12.2 Å². The number of nitrogens with one attached hydrogen (secondary N) is 1. The largest absolute Gasteiger partial charge is 0.326 e. The maximum absolute atomic E-state index is 12.2. The molecule has 1 N–H and O–H groups in total. The minimum atomic E-state index is -3.54. The molecule has 0 aliphatic rings. The number of allylic oxidation sites excluding steroid dienone is 1. The van der Waals surface area contributed by atoms with Crippen molar-refractivity contribution in [3.63, 3.8) is 0 Å². The van der Waals surface area contributed by atoms with Crippen molar-refractivity contribution in [1.29, 1.82) is 5.26 Å². The fourth-order valence-electron chi connectivity index (χ4n) is 2.25. The lowest BCUT2D eigenvalue weighted by Crippen LogP contribution is -2.22. The van der Waals surface area contributed by atoms with Gasteiger partial charge in [0, 0.05) is 17.9 Å². The molecule has 1 amide bonds. The van der Waals surface area contributed by atoms with Gasteiger partial charge in [-0.3, -0.25) is 4.79 Å². The second-order valence-electron chi connectivity index (χ2n) is 5.75. The summed E-state index contributed by atoms with van der Waals surface area (Å²) < 4.78 is 22.9. The van der Waals surface area contributed by atoms with Gasteiger partial charge in [-0.15, -0.1) is 0 Å². The Bertz CT molecular complexity index is 729. The first-order valence-corrected chi connectivity index (χ1v) is 9.93. The number of carbonyl (C=O) groups is 1. The molecule has 24 heavy (non-hydrogen) atoms. The van der Waals surface area contributed by atoms with E-state index in [1.54, 1.807) is 30.3 Å². The number of unbranched alkanes of at least 4 members (excludes halogenated alkanes) is 1. The molecule has 0 fully saturated rings. The van der Waals surface area contributed by atoms with Crippen LogP contribution in [0.15, 0.2) is 29.2 Å². The van der Waals surface area contributed by atoms with Gasteiger partial charge < -0.3 is 5.32 Å². The summed E-state index contributed by atoms with van der Waals surface area (Å²) >= 11 is 0. The van der Waals surface area contributed by atoms with Gasteiger partial charge in [-0.1, -0.05) is 38.8 Å². The Hall–Kier alpha value is -2.13. The summed E-state index contributed by atoms with van der Waals surface area (Å²) in [4.78, 5) is 12.0. The molecule has 0 aliphatic heterocycles. The summed E-state index contributed by atoms with van der Waals surface area (Å²) in [5.41, 5.74) is 1.25. The Balaban J connectivity index is 2.83. The van der Waals surface area contributed by atoms with E-state index in [0.29, 0.717) is 11.3 Å². The molecule has 1 rings (SSSR count). The highest BCUT2D eigenvalue weighted by atomic mass is 32.2. The quantitative estimate of drug-likeness (QED) is 0.725. The molecule has 0 aliphatic carbocycles. The second kappa shape index (κ2) is 9.24. The number of nitriles is 1. The number of carbonyl (C=O) groups excluding carboxylic acids is 1. The van der Waals surface area contributed by atoms with Gasteiger partial charge >= 0.3 is 0 Å². The molecule has 0 radical (unpaired) electrons. The van der Waals surface area contributed by atoms with Gasteiger partial charge in [-0.2, -0.15) is 5.26 Å². The van der Waals surface area contributed by atoms with Gasteiger partial charge in [0.25, 0.3) is 0 Å². The van der Waals surface area contributed by atoms with Crippen molar-refractivity contribution in [3.8, 4) is 6.07 Å². The topological polar surface area (TPSA) is 87.0 Å². The van der Waals surface area contributed by atoms with Crippen LogP contribution in [0.3, 0.4) is 0 Å². The highest BCUT2D eigenvalue weighted by molar-refractivity contribution is 7.95. The zero-order chi connectivity index (χ0) is 18.2. The third-order valence-corrected chi connectivity index (χ3v) is 4.76. The molecule has 0 saturated carbocycles. The summed E-state index contributed by atoms with van der Waals surface area (Å²) in [7, 11) is -3.54. The monoisotopic (exact) mass is 348 g/mol. The average molecular weight is 348 g/mol. The number of benzene rings is 1. The summed E-state index contributed by atoms with van der Waals surface area (Å²) in [6.07, 6.45) is 6.07. The van der Waals surface area contributed by atoms with E-state index in [4.69, 9.17) is 5.26 Å². The summed E-state index contributed by atoms with van der Waals surface area (Å²) in [6, 6.07) is 8.43. The number of hydrogen-bond acceptors (Lipinski definition) is 4. The van der Waals surface area contributed by atoms with Gasteiger partial charge in [0.2, 0.25) is 5.91 Å². The van der Waals surface area contributed by atoms with Crippen LogP contribution in [-0.4, -0.2) is 20.6 Å². The predicted molar refractivity (Wildman–Crippen MR) is 96.8 cm³/mol. The number of anilines is 1. The van der Waals surface area contributed by atoms with E-state index in [0.717, 1.165) is 31.9 Å². The van der Waals surface area contributed by atoms with Gasteiger partial charge in [0.1, 0.15) is 11.0 Å². The number of hydrogen-bond donors (Lipinski definition) is 1. The Morgan fingerprint density at radius 3 is 2.38 bits per heavy atom. The molecular weight excluding hydrogens is 324 g/mol. The average Bonchev–Trinajstić information content (AvgIpc) is 2.53. The first kappa shape index (κ1) is 19.9. The maximum atomic E-state index is 12.2. The molecule has 130 valence electrons. The van der Waals surface area contributed by atoms with Crippen LogP contribution in [0, 0.1) is 17.2 Å². The van der Waals surface area contributed by atoms with E-state index in [1.807, 2.05) is 6.92 Å². The van der Waals surface area contributed by atoms with Crippen LogP contribution in [0.2, 0.25) is 0 Å². The van der Waals surface area contributed by atoms with Crippen LogP contribution in [-0.2, 0) is 14.6 Å². The van der Waals surface area contributed by atoms with E-state index in [1.165, 1.54) is 6.08 Å². The summed E-state index contributed by atoms with van der Waals surface area (Å²) in [5, 5.41) is 11.8. The predicted octanol–water partition coefficient (Wildman–Crippen LogP) is 3.75. The van der Waals surface area contributed by atoms with Gasteiger partial charge in [0.15, 0.2) is 9.84 Å². The van der Waals surface area contributed by atoms with Crippen molar-refractivity contribution in [1.82, 2.24) is 0 Å². The number of nitrogens with zero attached hydrogens (tertiary/aromatic N) is 1. The van der Waals surface area contributed by atoms with E-state index < -0.39 is 9.84 Å². The molecule has 6 heteroatoms. The van der Waals surface area contributed by atoms with Crippen molar-refractivity contribution in [3.05, 3.63) is 34.7 Å². The molecule has 0 heterocycles. The van der Waals surface area contributed by atoms with Crippen LogP contribution in [0.25, 0.3) is 6.08 Å². The molecule has 0 aromatic heterocycles. The number of amides is 1. The Morgan fingerprint density at radius 2 is 1.92 bits per heavy atom. The van der Waals surface area contributed by atoms with Gasteiger partial charge in [-0.25, -0.2) is 8.42 Å². The lowest BCUT2D eigenvalue weighted by Gasteiger charge is -2.14. The van der Waals surface area contributed by atoms with Crippen LogP contribution in [0.5, 0.6) is 0 Å². The van der Waals surface area contributed by atoms with Crippen molar-refractivity contribution >= 4 is 27.5 Å². The standard InChI is InChI=1S/C18H24N2O3S/c1-4-6-7-15(5-2)18(21)20-16-10-8-14(9-11-16)12-17(13-19)24(3,22)23/h8-12,15H,4-7H2,1-3H3,(H,20,21)/b17-12+. The van der Waals surface area contributed by atoms with Crippen LogP contribution >= 0.6 is 0 Å². The SMILES string of the molecule is CCCCC(CC)C(=O)Nc1ccc(/C=C(\C#N)S(C)(=O)=O)cc1. The molecule has 0 spiro atoms. The molecule has 0 bridgehead atoms. The Morgan fingerprint density at radius 1 is 1.29 bits per heavy atom. The summed E-state index contributed by atoms with van der Waals surface area (Å²) in [5.74, 6) is 0.00282. The lowest BCUT2D eigenvalue weighted by molar-refractivity contribution is -0.120. The minimum Gasteiger partial charge on any atom is -0.326 e. The minimum absolute atomic E-state index is 0.0000479. The first-order valence-electron chi connectivity index (χ1n) is 8.04. The summed E-state index contributed by atoms with van der Waals surface area (Å²) in [6.45, 7) is 4.10. The third kappa shape index (κ3) is 6.17. The fraction of sp³-hybridized carbons (Fsp3) is 0.444. The molecular formula is C18H24N2O3S. The highest BCUT2D eigenvalue weighted by Crippen LogP contribution is 2.18. The molecule has 1 aromatic carbocycles. The Kier molecular flexibility index (Phi) is 7.66. The zero-order valence-electron chi connectivity index (χ0n) is 14.4. The zero-order valence-corrected chi connectivity index (χ0v) is 15.2. The van der Waals surface area contributed by atoms with E-state index in [-0.39, 0.29) is 16.7 Å².